The van der Waals surface area contributed by atoms with Gasteiger partial charge in [-0.2, -0.15) is 0 Å². The lowest BCUT2D eigenvalue weighted by molar-refractivity contribution is -0.154. The molecule has 0 N–H and O–H groups in total. The average Bonchev–Trinajstić information content (AvgIpc) is 2.62. The molecule has 0 saturated carbocycles. The summed E-state index contributed by atoms with van der Waals surface area (Å²) >= 11 is 1.47. The van der Waals surface area contributed by atoms with E-state index >= 15 is 0 Å². The van der Waals surface area contributed by atoms with Gasteiger partial charge in [0, 0.05) is 11.0 Å². The zero-order chi connectivity index (χ0) is 20.7. The van der Waals surface area contributed by atoms with Gasteiger partial charge in [0.25, 0.3) is 0 Å². The Labute approximate surface area is 169 Å². The second-order valence-corrected chi connectivity index (χ2v) is 8.82. The Bertz CT molecular complexity index is 873. The van der Waals surface area contributed by atoms with Crippen molar-refractivity contribution in [3.8, 4) is 0 Å². The first-order chi connectivity index (χ1) is 13.2. The maximum absolute atomic E-state index is 14.3. The quantitative estimate of drug-likeness (QED) is 0.213. The van der Waals surface area contributed by atoms with E-state index in [1.807, 2.05) is 20.8 Å². The van der Waals surface area contributed by atoms with Crippen molar-refractivity contribution in [1.29, 1.82) is 0 Å². The number of unbranched alkanes of at least 4 members (excludes halogenated alkanes) is 3. The Morgan fingerprint density at radius 2 is 1.89 bits per heavy atom. The summed E-state index contributed by atoms with van der Waals surface area (Å²) in [5.41, 5.74) is 0.134. The van der Waals surface area contributed by atoms with Crippen LogP contribution < -0.4 is 5.63 Å². The van der Waals surface area contributed by atoms with E-state index in [9.17, 15) is 14.0 Å². The number of benzene rings is 1. The first-order valence-electron chi connectivity index (χ1n) is 9.78. The standard InChI is InChI=1S/C22H29FO4S/c1-5-22(3,4)21(25)26-10-8-6-7-9-11-28-18-14-19(24)27-17-13-15(2)12-16(23)20(17)18/h12-14H,5-11H2,1-4H3. The summed E-state index contributed by atoms with van der Waals surface area (Å²) in [5, 5.41) is 0.376. The zero-order valence-electron chi connectivity index (χ0n) is 17.1. The SMILES string of the molecule is CCC(C)(C)C(=O)OCCCCCCSc1cc(=O)oc2cc(C)cc(F)c12. The lowest BCUT2D eigenvalue weighted by atomic mass is 9.91. The second-order valence-electron chi connectivity index (χ2n) is 7.69. The van der Waals surface area contributed by atoms with Crippen LogP contribution in [0.15, 0.2) is 32.3 Å². The lowest BCUT2D eigenvalue weighted by Crippen LogP contribution is -2.26. The first-order valence-corrected chi connectivity index (χ1v) is 10.8. The molecule has 154 valence electrons. The molecule has 0 saturated heterocycles. The van der Waals surface area contributed by atoms with Crippen molar-refractivity contribution in [3.05, 3.63) is 40.0 Å². The van der Waals surface area contributed by atoms with Crippen LogP contribution in [-0.2, 0) is 9.53 Å². The van der Waals surface area contributed by atoms with E-state index in [4.69, 9.17) is 9.15 Å². The minimum Gasteiger partial charge on any atom is -0.465 e. The van der Waals surface area contributed by atoms with Crippen LogP contribution in [0.4, 0.5) is 4.39 Å². The number of esters is 1. The van der Waals surface area contributed by atoms with Gasteiger partial charge in [-0.15, -0.1) is 11.8 Å². The molecule has 28 heavy (non-hydrogen) atoms. The minimum absolute atomic E-state index is 0.141. The molecule has 1 heterocycles. The molecule has 0 aliphatic carbocycles. The van der Waals surface area contributed by atoms with E-state index < -0.39 is 11.0 Å². The van der Waals surface area contributed by atoms with Crippen LogP contribution in [0.3, 0.4) is 0 Å². The summed E-state index contributed by atoms with van der Waals surface area (Å²) in [6, 6.07) is 4.50. The summed E-state index contributed by atoms with van der Waals surface area (Å²) in [7, 11) is 0. The van der Waals surface area contributed by atoms with Crippen LogP contribution in [0.1, 0.15) is 58.4 Å². The molecule has 0 atom stereocenters. The molecule has 0 bridgehead atoms. The topological polar surface area (TPSA) is 56.5 Å². The molecule has 0 aliphatic heterocycles. The van der Waals surface area contributed by atoms with Crippen LogP contribution in [-0.4, -0.2) is 18.3 Å². The van der Waals surface area contributed by atoms with Gasteiger partial charge in [-0.1, -0.05) is 19.8 Å². The number of carbonyl (C=O) groups is 1. The van der Waals surface area contributed by atoms with Crippen molar-refractivity contribution in [1.82, 2.24) is 0 Å². The molecule has 0 unspecified atom stereocenters. The number of aryl methyl sites for hydroxylation is 1. The number of fused-ring (bicyclic) bond motifs is 1. The van der Waals surface area contributed by atoms with E-state index in [1.54, 1.807) is 13.0 Å². The highest BCUT2D eigenvalue weighted by Crippen LogP contribution is 2.30. The highest BCUT2D eigenvalue weighted by atomic mass is 32.2. The van der Waals surface area contributed by atoms with Crippen molar-refractivity contribution in [2.45, 2.75) is 64.7 Å². The first kappa shape index (κ1) is 22.5. The van der Waals surface area contributed by atoms with Crippen molar-refractivity contribution >= 4 is 28.7 Å². The summed E-state index contributed by atoms with van der Waals surface area (Å²) in [5.74, 6) is 0.282. The van der Waals surface area contributed by atoms with E-state index in [1.165, 1.54) is 23.9 Å². The van der Waals surface area contributed by atoms with E-state index in [0.29, 0.717) is 22.5 Å². The zero-order valence-corrected chi connectivity index (χ0v) is 17.9. The number of carbonyl (C=O) groups excluding carboxylic acids is 1. The number of thioether (sulfide) groups is 1. The third kappa shape index (κ3) is 6.09. The van der Waals surface area contributed by atoms with Gasteiger partial charge in [0.05, 0.1) is 17.4 Å². The largest absolute Gasteiger partial charge is 0.465 e. The molecule has 2 rings (SSSR count). The predicted molar refractivity (Wildman–Crippen MR) is 111 cm³/mol. The molecule has 0 fully saturated rings. The molecule has 1 aromatic carbocycles. The van der Waals surface area contributed by atoms with Gasteiger partial charge < -0.3 is 9.15 Å². The molecular weight excluding hydrogens is 379 g/mol. The fourth-order valence-corrected chi connectivity index (χ4v) is 3.80. The minimum atomic E-state index is -0.461. The summed E-state index contributed by atoms with van der Waals surface area (Å²) < 4.78 is 24.8. The number of halogens is 1. The molecule has 0 spiro atoms. The Balaban J connectivity index is 1.76. The van der Waals surface area contributed by atoms with Crippen LogP contribution in [0, 0.1) is 18.2 Å². The summed E-state index contributed by atoms with van der Waals surface area (Å²) in [6.07, 6.45) is 4.49. The van der Waals surface area contributed by atoms with Gasteiger partial charge in [-0.25, -0.2) is 9.18 Å². The third-order valence-electron chi connectivity index (χ3n) is 4.87. The van der Waals surface area contributed by atoms with Crippen molar-refractivity contribution in [2.24, 2.45) is 5.41 Å². The van der Waals surface area contributed by atoms with Crippen molar-refractivity contribution < 1.29 is 18.3 Å². The molecule has 2 aromatic rings. The van der Waals surface area contributed by atoms with Gasteiger partial charge >= 0.3 is 11.6 Å². The van der Waals surface area contributed by atoms with E-state index in [0.717, 1.165) is 43.4 Å². The Morgan fingerprint density at radius 1 is 1.18 bits per heavy atom. The molecule has 0 radical (unpaired) electrons. The Kier molecular flexibility index (Phi) is 8.10. The lowest BCUT2D eigenvalue weighted by Gasteiger charge is -2.20. The Morgan fingerprint density at radius 3 is 2.61 bits per heavy atom. The molecule has 6 heteroatoms. The maximum atomic E-state index is 14.3. The van der Waals surface area contributed by atoms with E-state index in [2.05, 4.69) is 0 Å². The highest BCUT2D eigenvalue weighted by Gasteiger charge is 2.26. The second kappa shape index (κ2) is 10.1. The smallest absolute Gasteiger partial charge is 0.337 e. The molecule has 1 aromatic heterocycles. The van der Waals surface area contributed by atoms with Crippen LogP contribution in [0.5, 0.6) is 0 Å². The van der Waals surface area contributed by atoms with Gasteiger partial charge in [0.1, 0.15) is 11.4 Å². The fraction of sp³-hybridized carbons (Fsp3) is 0.545. The van der Waals surface area contributed by atoms with Crippen molar-refractivity contribution in [3.63, 3.8) is 0 Å². The molecule has 0 amide bonds. The van der Waals surface area contributed by atoms with Gasteiger partial charge in [0.2, 0.25) is 0 Å². The number of hydrogen-bond donors (Lipinski definition) is 0. The number of ether oxygens (including phenoxy) is 1. The average molecular weight is 409 g/mol. The monoisotopic (exact) mass is 408 g/mol. The maximum Gasteiger partial charge on any atom is 0.337 e. The molecule has 0 aliphatic rings. The number of hydrogen-bond acceptors (Lipinski definition) is 5. The fourth-order valence-electron chi connectivity index (χ4n) is 2.71. The summed E-state index contributed by atoms with van der Waals surface area (Å²) in [4.78, 5) is 24.2. The third-order valence-corrected chi connectivity index (χ3v) is 6.00. The number of rotatable bonds is 10. The van der Waals surface area contributed by atoms with Crippen LogP contribution in [0.2, 0.25) is 0 Å². The normalized spacial score (nSPS) is 11.8. The predicted octanol–water partition coefficient (Wildman–Crippen LogP) is 5.87. The molecular formula is C22H29FO4S. The molecule has 4 nitrogen and oxygen atoms in total. The van der Waals surface area contributed by atoms with Crippen LogP contribution >= 0.6 is 11.8 Å². The van der Waals surface area contributed by atoms with Crippen molar-refractivity contribution in [2.75, 3.05) is 12.4 Å². The Hall–Kier alpha value is -1.82. The highest BCUT2D eigenvalue weighted by molar-refractivity contribution is 7.99. The van der Waals surface area contributed by atoms with E-state index in [-0.39, 0.29) is 11.8 Å². The van der Waals surface area contributed by atoms with Crippen LogP contribution in [0.25, 0.3) is 11.0 Å². The van der Waals surface area contributed by atoms with Gasteiger partial charge in [-0.3, -0.25) is 4.79 Å². The van der Waals surface area contributed by atoms with Gasteiger partial charge in [-0.05, 0) is 63.5 Å². The van der Waals surface area contributed by atoms with Gasteiger partial charge in [0.15, 0.2) is 0 Å². The summed E-state index contributed by atoms with van der Waals surface area (Å²) in [6.45, 7) is 7.98.